The zero-order chi connectivity index (χ0) is 25.2. The maximum Gasteiger partial charge on any atom is 0.270 e. The monoisotopic (exact) mass is 519 g/mol. The van der Waals surface area contributed by atoms with Gasteiger partial charge in [-0.3, -0.25) is 14.4 Å². The zero-order valence-electron chi connectivity index (χ0n) is 19.8. The van der Waals surface area contributed by atoms with E-state index in [-0.39, 0.29) is 29.0 Å². The Labute approximate surface area is 219 Å². The molecule has 1 fully saturated rings. The van der Waals surface area contributed by atoms with Crippen LogP contribution in [0.15, 0.2) is 82.1 Å². The Morgan fingerprint density at radius 3 is 2.53 bits per heavy atom. The minimum atomic E-state index is -0.435. The second-order valence-corrected chi connectivity index (χ2v) is 10.5. The molecular formula is C28H26ClN3O3S. The van der Waals surface area contributed by atoms with E-state index in [1.807, 2.05) is 41.2 Å². The van der Waals surface area contributed by atoms with Crippen LogP contribution in [0.4, 0.5) is 0 Å². The average molecular weight is 520 g/mol. The second kappa shape index (κ2) is 10.4. The van der Waals surface area contributed by atoms with E-state index in [0.717, 1.165) is 22.6 Å². The number of hydrogen-bond donors (Lipinski definition) is 1. The number of piperidine rings is 1. The van der Waals surface area contributed by atoms with Crippen molar-refractivity contribution in [3.05, 3.63) is 105 Å². The fraction of sp³-hybridized carbons (Fsp3) is 0.250. The molecule has 0 saturated carbocycles. The third-order valence-electron chi connectivity index (χ3n) is 6.79. The first kappa shape index (κ1) is 24.4. The van der Waals surface area contributed by atoms with Gasteiger partial charge in [-0.05, 0) is 60.6 Å². The number of amides is 2. The van der Waals surface area contributed by atoms with Crippen LogP contribution in [-0.4, -0.2) is 40.6 Å². The van der Waals surface area contributed by atoms with Gasteiger partial charge in [-0.25, -0.2) is 0 Å². The summed E-state index contributed by atoms with van der Waals surface area (Å²) in [6, 6.07) is 19.9. The maximum absolute atomic E-state index is 13.8. The molecule has 184 valence electrons. The Balaban J connectivity index is 1.45. The number of aromatic nitrogens is 1. The molecule has 2 aliphatic rings. The van der Waals surface area contributed by atoms with E-state index in [1.165, 1.54) is 0 Å². The molecule has 2 atom stereocenters. The lowest BCUT2D eigenvalue weighted by atomic mass is 9.83. The van der Waals surface area contributed by atoms with E-state index >= 15 is 0 Å². The third kappa shape index (κ3) is 4.99. The molecule has 2 bridgehead atoms. The SMILES string of the molecule is CSc1ccc(C=C(NC(=O)c2ccccc2Cl)C(=O)N2CC3CC(C2)c2cccc(=O)n2C3)cc1. The summed E-state index contributed by atoms with van der Waals surface area (Å²) in [5.41, 5.74) is 2.28. The van der Waals surface area contributed by atoms with Gasteiger partial charge < -0.3 is 14.8 Å². The number of rotatable bonds is 5. The number of carbonyl (C=O) groups excluding carboxylic acids is 2. The highest BCUT2D eigenvalue weighted by atomic mass is 35.5. The molecule has 0 radical (unpaired) electrons. The average Bonchev–Trinajstić information content (AvgIpc) is 2.89. The largest absolute Gasteiger partial charge is 0.336 e. The summed E-state index contributed by atoms with van der Waals surface area (Å²) in [7, 11) is 0. The van der Waals surface area contributed by atoms with Crippen LogP contribution in [0.5, 0.6) is 0 Å². The van der Waals surface area contributed by atoms with Crippen LogP contribution in [0.25, 0.3) is 6.08 Å². The van der Waals surface area contributed by atoms with Crippen molar-refractivity contribution in [3.63, 3.8) is 0 Å². The number of fused-ring (bicyclic) bond motifs is 4. The van der Waals surface area contributed by atoms with E-state index in [9.17, 15) is 14.4 Å². The fourth-order valence-electron chi connectivity index (χ4n) is 5.09. The number of halogens is 1. The lowest BCUT2D eigenvalue weighted by molar-refractivity contribution is -0.130. The van der Waals surface area contributed by atoms with Crippen molar-refractivity contribution in [2.75, 3.05) is 19.3 Å². The molecule has 1 saturated heterocycles. The molecule has 8 heteroatoms. The highest BCUT2D eigenvalue weighted by molar-refractivity contribution is 7.98. The van der Waals surface area contributed by atoms with Crippen LogP contribution >= 0.6 is 23.4 Å². The number of thioether (sulfide) groups is 1. The predicted molar refractivity (Wildman–Crippen MR) is 143 cm³/mol. The first-order valence-electron chi connectivity index (χ1n) is 11.8. The van der Waals surface area contributed by atoms with E-state index in [2.05, 4.69) is 5.32 Å². The van der Waals surface area contributed by atoms with Crippen LogP contribution in [0.1, 0.15) is 34.0 Å². The molecule has 3 aromatic rings. The van der Waals surface area contributed by atoms with E-state index in [1.54, 1.807) is 59.1 Å². The van der Waals surface area contributed by atoms with Crippen molar-refractivity contribution in [3.8, 4) is 0 Å². The van der Waals surface area contributed by atoms with Crippen LogP contribution in [0.3, 0.4) is 0 Å². The minimum Gasteiger partial charge on any atom is -0.336 e. The lowest BCUT2D eigenvalue weighted by Crippen LogP contribution is -2.50. The van der Waals surface area contributed by atoms with Gasteiger partial charge in [0.15, 0.2) is 0 Å². The molecule has 2 aliphatic heterocycles. The molecule has 2 unspecified atom stereocenters. The van der Waals surface area contributed by atoms with Gasteiger partial charge in [-0.2, -0.15) is 0 Å². The van der Waals surface area contributed by atoms with Crippen molar-refractivity contribution >= 4 is 41.3 Å². The number of hydrogen-bond acceptors (Lipinski definition) is 4. The smallest absolute Gasteiger partial charge is 0.270 e. The first-order chi connectivity index (χ1) is 17.4. The summed E-state index contributed by atoms with van der Waals surface area (Å²) in [4.78, 5) is 42.2. The Bertz CT molecular complexity index is 1400. The summed E-state index contributed by atoms with van der Waals surface area (Å²) in [6.45, 7) is 1.61. The normalized spacial score (nSPS) is 18.9. The lowest BCUT2D eigenvalue weighted by Gasteiger charge is -2.43. The Kier molecular flexibility index (Phi) is 7.03. The first-order valence-corrected chi connectivity index (χ1v) is 13.4. The van der Waals surface area contributed by atoms with Crippen molar-refractivity contribution in [1.29, 1.82) is 0 Å². The summed E-state index contributed by atoms with van der Waals surface area (Å²) in [5, 5.41) is 3.15. The highest BCUT2D eigenvalue weighted by Crippen LogP contribution is 2.35. The summed E-state index contributed by atoms with van der Waals surface area (Å²) in [6.07, 6.45) is 4.65. The van der Waals surface area contributed by atoms with Crippen molar-refractivity contribution < 1.29 is 9.59 Å². The molecule has 2 aromatic carbocycles. The maximum atomic E-state index is 13.8. The van der Waals surface area contributed by atoms with Gasteiger partial charge in [0.05, 0.1) is 10.6 Å². The molecule has 2 amide bonds. The van der Waals surface area contributed by atoms with Crippen molar-refractivity contribution in [2.45, 2.75) is 23.8 Å². The summed E-state index contributed by atoms with van der Waals surface area (Å²) in [5.74, 6) is -0.417. The topological polar surface area (TPSA) is 71.4 Å². The van der Waals surface area contributed by atoms with Crippen LogP contribution in [0, 0.1) is 5.92 Å². The standard InChI is InChI=1S/C28H26ClN3O3S/c1-36-21-11-9-18(10-12-21)14-24(30-27(34)22-5-2-3-6-23(22)29)28(35)31-15-19-13-20(17-31)25-7-4-8-26(33)32(25)16-19/h2-12,14,19-20H,13,15-17H2,1H3,(H,30,34). The highest BCUT2D eigenvalue weighted by Gasteiger charge is 2.37. The van der Waals surface area contributed by atoms with Crippen molar-refractivity contribution in [1.82, 2.24) is 14.8 Å². The molecule has 5 rings (SSSR count). The summed E-state index contributed by atoms with van der Waals surface area (Å²) >= 11 is 7.88. The number of pyridine rings is 1. The Morgan fingerprint density at radius 2 is 1.78 bits per heavy atom. The molecular weight excluding hydrogens is 494 g/mol. The Morgan fingerprint density at radius 1 is 1.00 bits per heavy atom. The third-order valence-corrected chi connectivity index (χ3v) is 7.86. The number of benzene rings is 2. The van der Waals surface area contributed by atoms with E-state index < -0.39 is 5.91 Å². The van der Waals surface area contributed by atoms with Gasteiger partial charge in [0.2, 0.25) is 0 Å². The molecule has 3 heterocycles. The number of nitrogens with zero attached hydrogens (tertiary/aromatic N) is 2. The van der Waals surface area contributed by atoms with E-state index in [0.29, 0.717) is 30.2 Å². The van der Waals surface area contributed by atoms with Gasteiger partial charge in [0, 0.05) is 42.2 Å². The molecule has 1 N–H and O–H groups in total. The van der Waals surface area contributed by atoms with E-state index in [4.69, 9.17) is 11.6 Å². The quantitative estimate of drug-likeness (QED) is 0.394. The molecule has 0 spiro atoms. The minimum absolute atomic E-state index is 0.00301. The van der Waals surface area contributed by atoms with Crippen molar-refractivity contribution in [2.24, 2.45) is 5.92 Å². The molecule has 1 aromatic heterocycles. The Hall–Kier alpha value is -3.29. The van der Waals surface area contributed by atoms with Gasteiger partial charge in [0.1, 0.15) is 5.70 Å². The number of nitrogens with one attached hydrogen (secondary N) is 1. The van der Waals surface area contributed by atoms with Gasteiger partial charge in [-0.15, -0.1) is 11.8 Å². The number of likely N-dealkylation sites (tertiary alicyclic amines) is 1. The van der Waals surface area contributed by atoms with Crippen LogP contribution in [0.2, 0.25) is 5.02 Å². The van der Waals surface area contributed by atoms with Crippen LogP contribution in [-0.2, 0) is 11.3 Å². The summed E-state index contributed by atoms with van der Waals surface area (Å²) < 4.78 is 1.84. The van der Waals surface area contributed by atoms with Gasteiger partial charge in [0.25, 0.3) is 17.4 Å². The molecule has 6 nitrogen and oxygen atoms in total. The predicted octanol–water partition coefficient (Wildman–Crippen LogP) is 4.64. The van der Waals surface area contributed by atoms with Crippen LogP contribution < -0.4 is 10.9 Å². The van der Waals surface area contributed by atoms with Gasteiger partial charge in [-0.1, -0.05) is 41.9 Å². The molecule has 0 aliphatic carbocycles. The second-order valence-electron chi connectivity index (χ2n) is 9.17. The van der Waals surface area contributed by atoms with Gasteiger partial charge >= 0.3 is 0 Å². The zero-order valence-corrected chi connectivity index (χ0v) is 21.4. The molecule has 36 heavy (non-hydrogen) atoms. The number of carbonyl (C=O) groups is 2. The fourth-order valence-corrected chi connectivity index (χ4v) is 5.72.